The second-order valence-electron chi connectivity index (χ2n) is 8.06. The van der Waals surface area contributed by atoms with Gasteiger partial charge in [0.2, 0.25) is 11.8 Å². The van der Waals surface area contributed by atoms with E-state index in [1.807, 2.05) is 66.7 Å². The first-order valence-corrected chi connectivity index (χ1v) is 10.7. The first-order valence-electron chi connectivity index (χ1n) is 9.75. The van der Waals surface area contributed by atoms with E-state index < -0.39 is 0 Å². The molecule has 5 nitrogen and oxygen atoms in total. The number of nitrogens with zero attached hydrogens (tertiary/aromatic N) is 2. The van der Waals surface area contributed by atoms with Crippen molar-refractivity contribution in [3.05, 3.63) is 72.3 Å². The third-order valence-corrected chi connectivity index (χ3v) is 5.61. The molecular formula is C24H23N3O2S. The fourth-order valence-corrected chi connectivity index (χ4v) is 3.73. The Morgan fingerprint density at radius 3 is 2.47 bits per heavy atom. The van der Waals surface area contributed by atoms with Crippen LogP contribution in [0.15, 0.2) is 76.4 Å². The molecule has 0 aliphatic rings. The summed E-state index contributed by atoms with van der Waals surface area (Å²) in [6.45, 7) is 6.48. The van der Waals surface area contributed by atoms with Crippen molar-refractivity contribution in [3.63, 3.8) is 0 Å². The van der Waals surface area contributed by atoms with Gasteiger partial charge in [0.25, 0.3) is 5.22 Å². The van der Waals surface area contributed by atoms with E-state index in [-0.39, 0.29) is 17.1 Å². The monoisotopic (exact) mass is 417 g/mol. The number of nitrogens with one attached hydrogen (secondary N) is 1. The molecule has 0 aliphatic heterocycles. The number of carbonyl (C=O) groups is 1. The van der Waals surface area contributed by atoms with Gasteiger partial charge < -0.3 is 9.73 Å². The second-order valence-corrected chi connectivity index (χ2v) is 8.99. The van der Waals surface area contributed by atoms with E-state index in [0.29, 0.717) is 11.1 Å². The number of amides is 1. The van der Waals surface area contributed by atoms with Crippen molar-refractivity contribution >= 4 is 34.1 Å². The van der Waals surface area contributed by atoms with E-state index in [9.17, 15) is 4.79 Å². The van der Waals surface area contributed by atoms with E-state index in [1.165, 1.54) is 17.3 Å². The summed E-state index contributed by atoms with van der Waals surface area (Å²) in [7, 11) is 0. The zero-order valence-electron chi connectivity index (χ0n) is 17.2. The van der Waals surface area contributed by atoms with Gasteiger partial charge in [-0.15, -0.1) is 10.2 Å². The number of carbonyl (C=O) groups excluding carboxylic acids is 1. The predicted molar refractivity (Wildman–Crippen MR) is 122 cm³/mol. The summed E-state index contributed by atoms with van der Waals surface area (Å²) in [6.07, 6.45) is 0. The number of aromatic nitrogens is 2. The summed E-state index contributed by atoms with van der Waals surface area (Å²) >= 11 is 1.22. The number of hydrogen-bond acceptors (Lipinski definition) is 5. The zero-order chi connectivity index (χ0) is 21.1. The fraction of sp³-hybridized carbons (Fsp3) is 0.208. The molecule has 152 valence electrons. The van der Waals surface area contributed by atoms with Gasteiger partial charge in [-0.25, -0.2) is 0 Å². The third-order valence-electron chi connectivity index (χ3n) is 4.79. The van der Waals surface area contributed by atoms with Crippen LogP contribution in [0.2, 0.25) is 0 Å². The normalized spacial score (nSPS) is 11.6. The van der Waals surface area contributed by atoms with Crippen LogP contribution in [0.1, 0.15) is 26.3 Å². The minimum absolute atomic E-state index is 0.0815. The molecule has 1 amide bonds. The van der Waals surface area contributed by atoms with Crippen LogP contribution in [0.4, 0.5) is 5.69 Å². The van der Waals surface area contributed by atoms with Crippen molar-refractivity contribution in [1.29, 1.82) is 0 Å². The molecule has 0 spiro atoms. The van der Waals surface area contributed by atoms with E-state index in [1.54, 1.807) is 0 Å². The van der Waals surface area contributed by atoms with Crippen molar-refractivity contribution < 1.29 is 9.21 Å². The van der Waals surface area contributed by atoms with Crippen LogP contribution < -0.4 is 5.32 Å². The molecule has 0 unspecified atom stereocenters. The van der Waals surface area contributed by atoms with Gasteiger partial charge in [0.15, 0.2) is 0 Å². The number of benzene rings is 3. The van der Waals surface area contributed by atoms with Crippen molar-refractivity contribution in [2.24, 2.45) is 0 Å². The topological polar surface area (TPSA) is 68.0 Å². The summed E-state index contributed by atoms with van der Waals surface area (Å²) < 4.78 is 5.79. The standard InChI is InChI=1S/C24H23N3O2S/c1-24(2,3)17-11-13-18(14-12-17)25-21(28)15-30-23-27-26-22(29-23)20-10-6-8-16-7-4-5-9-19(16)20/h4-14H,15H2,1-3H3,(H,25,28). The van der Waals surface area contributed by atoms with Crippen LogP contribution in [-0.2, 0) is 10.2 Å². The lowest BCUT2D eigenvalue weighted by Crippen LogP contribution is -2.15. The number of thioether (sulfide) groups is 1. The van der Waals surface area contributed by atoms with Crippen molar-refractivity contribution in [2.75, 3.05) is 11.1 Å². The van der Waals surface area contributed by atoms with Gasteiger partial charge in [0.05, 0.1) is 5.75 Å². The molecule has 0 saturated carbocycles. The molecule has 0 radical (unpaired) electrons. The summed E-state index contributed by atoms with van der Waals surface area (Å²) in [5, 5.41) is 13.7. The minimum atomic E-state index is -0.117. The number of rotatable bonds is 5. The summed E-state index contributed by atoms with van der Waals surface area (Å²) in [5.74, 6) is 0.527. The molecule has 6 heteroatoms. The van der Waals surface area contributed by atoms with Gasteiger partial charge in [-0.1, -0.05) is 81.1 Å². The van der Waals surface area contributed by atoms with Gasteiger partial charge in [0.1, 0.15) is 0 Å². The number of fused-ring (bicyclic) bond motifs is 1. The fourth-order valence-electron chi connectivity index (χ4n) is 3.17. The highest BCUT2D eigenvalue weighted by Crippen LogP contribution is 2.29. The van der Waals surface area contributed by atoms with Crippen LogP contribution in [0.25, 0.3) is 22.2 Å². The highest BCUT2D eigenvalue weighted by atomic mass is 32.2. The van der Waals surface area contributed by atoms with Crippen LogP contribution in [0, 0.1) is 0 Å². The van der Waals surface area contributed by atoms with Crippen LogP contribution >= 0.6 is 11.8 Å². The molecule has 0 saturated heterocycles. The molecular weight excluding hydrogens is 394 g/mol. The lowest BCUT2D eigenvalue weighted by molar-refractivity contribution is -0.113. The average molecular weight is 418 g/mol. The Labute approximate surface area is 179 Å². The smallest absolute Gasteiger partial charge is 0.277 e. The average Bonchev–Trinajstić information content (AvgIpc) is 3.20. The van der Waals surface area contributed by atoms with Gasteiger partial charge in [-0.2, -0.15) is 0 Å². The van der Waals surface area contributed by atoms with Gasteiger partial charge in [0, 0.05) is 11.3 Å². The maximum Gasteiger partial charge on any atom is 0.277 e. The quantitative estimate of drug-likeness (QED) is 0.408. The van der Waals surface area contributed by atoms with Gasteiger partial charge in [-0.05, 0) is 39.9 Å². The van der Waals surface area contributed by atoms with Crippen LogP contribution in [-0.4, -0.2) is 21.9 Å². The Bertz CT molecular complexity index is 1170. The van der Waals surface area contributed by atoms with Gasteiger partial charge in [-0.3, -0.25) is 4.79 Å². The van der Waals surface area contributed by atoms with Crippen molar-refractivity contribution in [2.45, 2.75) is 31.4 Å². The molecule has 4 rings (SSSR count). The molecule has 1 heterocycles. The lowest BCUT2D eigenvalue weighted by atomic mass is 9.87. The molecule has 0 fully saturated rings. The Kier molecular flexibility index (Phi) is 5.59. The maximum atomic E-state index is 12.3. The Balaban J connectivity index is 1.39. The van der Waals surface area contributed by atoms with E-state index in [0.717, 1.165) is 22.0 Å². The summed E-state index contributed by atoms with van der Waals surface area (Å²) in [4.78, 5) is 12.3. The molecule has 0 bridgehead atoms. The summed E-state index contributed by atoms with van der Waals surface area (Å²) in [5.41, 5.74) is 2.96. The van der Waals surface area contributed by atoms with Crippen LogP contribution in [0.5, 0.6) is 0 Å². The third kappa shape index (κ3) is 4.54. The van der Waals surface area contributed by atoms with E-state index in [2.05, 4.69) is 36.3 Å². The first kappa shape index (κ1) is 20.2. The number of anilines is 1. The summed E-state index contributed by atoms with van der Waals surface area (Å²) in [6, 6.07) is 21.9. The van der Waals surface area contributed by atoms with Crippen LogP contribution in [0.3, 0.4) is 0 Å². The largest absolute Gasteiger partial charge is 0.411 e. The molecule has 1 N–H and O–H groups in total. The first-order chi connectivity index (χ1) is 14.4. The minimum Gasteiger partial charge on any atom is -0.411 e. The van der Waals surface area contributed by atoms with Crippen molar-refractivity contribution in [3.8, 4) is 11.5 Å². The Morgan fingerprint density at radius 1 is 0.967 bits per heavy atom. The molecule has 3 aromatic carbocycles. The molecule has 30 heavy (non-hydrogen) atoms. The SMILES string of the molecule is CC(C)(C)c1ccc(NC(=O)CSc2nnc(-c3cccc4ccccc34)o2)cc1. The lowest BCUT2D eigenvalue weighted by Gasteiger charge is -2.19. The Hall–Kier alpha value is -3.12. The highest BCUT2D eigenvalue weighted by molar-refractivity contribution is 7.99. The van der Waals surface area contributed by atoms with E-state index in [4.69, 9.17) is 4.42 Å². The molecule has 1 aromatic heterocycles. The second kappa shape index (κ2) is 8.32. The predicted octanol–water partition coefficient (Wildman–Crippen LogP) is 5.92. The molecule has 0 aliphatic carbocycles. The number of hydrogen-bond donors (Lipinski definition) is 1. The zero-order valence-corrected chi connectivity index (χ0v) is 18.0. The highest BCUT2D eigenvalue weighted by Gasteiger charge is 2.15. The maximum absolute atomic E-state index is 12.3. The van der Waals surface area contributed by atoms with Gasteiger partial charge >= 0.3 is 0 Å². The molecule has 0 atom stereocenters. The van der Waals surface area contributed by atoms with E-state index >= 15 is 0 Å². The Morgan fingerprint density at radius 2 is 1.70 bits per heavy atom. The molecule has 4 aromatic rings. The van der Waals surface area contributed by atoms with Crippen molar-refractivity contribution in [1.82, 2.24) is 10.2 Å².